The van der Waals surface area contributed by atoms with Gasteiger partial charge in [-0.25, -0.2) is 0 Å². The highest BCUT2D eigenvalue weighted by molar-refractivity contribution is 5.85. The van der Waals surface area contributed by atoms with Gasteiger partial charge in [-0.05, 0) is 61.7 Å². The van der Waals surface area contributed by atoms with E-state index in [0.717, 1.165) is 50.6 Å². The third-order valence-corrected chi connectivity index (χ3v) is 6.33. The minimum Gasteiger partial charge on any atom is -0.391 e. The molecular weight excluding hydrogens is 274 g/mol. The molecule has 3 nitrogen and oxygen atoms in total. The van der Waals surface area contributed by atoms with Crippen molar-refractivity contribution in [3.05, 3.63) is 0 Å². The Morgan fingerprint density at radius 2 is 1.50 bits per heavy atom. The molecule has 4 saturated carbocycles. The molecule has 4 aliphatic carbocycles. The van der Waals surface area contributed by atoms with Crippen molar-refractivity contribution in [1.82, 2.24) is 4.90 Å². The van der Waals surface area contributed by atoms with E-state index in [9.17, 15) is 5.11 Å². The number of hydrogen-bond donors (Lipinski definition) is 1. The topological polar surface area (TPSA) is 32.7 Å². The van der Waals surface area contributed by atoms with Crippen LogP contribution in [0.25, 0.3) is 0 Å². The Hall–Kier alpha value is 0.170. The number of aliphatic hydroxyl groups excluding tert-OH is 1. The second kappa shape index (κ2) is 5.75. The minimum absolute atomic E-state index is 0. The highest BCUT2D eigenvalue weighted by atomic mass is 35.5. The number of aliphatic hydroxyl groups is 1. The molecule has 116 valence electrons. The van der Waals surface area contributed by atoms with Gasteiger partial charge in [-0.15, -0.1) is 12.4 Å². The second-order valence-electron chi connectivity index (χ2n) is 7.71. The third-order valence-electron chi connectivity index (χ3n) is 6.33. The van der Waals surface area contributed by atoms with Gasteiger partial charge in [0.25, 0.3) is 0 Å². The quantitative estimate of drug-likeness (QED) is 0.868. The van der Waals surface area contributed by atoms with E-state index in [-0.39, 0.29) is 23.9 Å². The molecule has 0 aromatic carbocycles. The summed E-state index contributed by atoms with van der Waals surface area (Å²) in [5.41, 5.74) is 0.285. The lowest BCUT2D eigenvalue weighted by atomic mass is 9.48. The molecule has 1 atom stereocenters. The van der Waals surface area contributed by atoms with E-state index in [0.29, 0.717) is 0 Å². The first-order chi connectivity index (χ1) is 9.23. The second-order valence-corrected chi connectivity index (χ2v) is 7.71. The molecule has 1 N–H and O–H groups in total. The number of β-amino-alcohol motifs (C(OH)–C–C–N with tert-alkyl or cyclic N) is 1. The summed E-state index contributed by atoms with van der Waals surface area (Å²) in [6.07, 6.45) is 8.22. The molecule has 1 saturated heterocycles. The lowest BCUT2D eigenvalue weighted by molar-refractivity contribution is -0.130. The molecule has 4 heteroatoms. The predicted octanol–water partition coefficient (Wildman–Crippen LogP) is 2.32. The van der Waals surface area contributed by atoms with E-state index < -0.39 is 0 Å². The van der Waals surface area contributed by atoms with E-state index in [1.165, 1.54) is 38.5 Å². The molecule has 1 heterocycles. The normalized spacial score (nSPS) is 45.1. The number of hydrogen-bond acceptors (Lipinski definition) is 3. The highest BCUT2D eigenvalue weighted by Gasteiger charge is 2.54. The predicted molar refractivity (Wildman–Crippen MR) is 81.1 cm³/mol. The summed E-state index contributed by atoms with van der Waals surface area (Å²) in [6, 6.07) is 0. The van der Waals surface area contributed by atoms with E-state index >= 15 is 0 Å². The molecule has 0 radical (unpaired) electrons. The summed E-state index contributed by atoms with van der Waals surface area (Å²) in [7, 11) is 0. The van der Waals surface area contributed by atoms with Crippen LogP contribution in [0.2, 0.25) is 0 Å². The molecule has 4 bridgehead atoms. The number of ether oxygens (including phenoxy) is 1. The average Bonchev–Trinajstić information content (AvgIpc) is 2.38. The summed E-state index contributed by atoms with van der Waals surface area (Å²) >= 11 is 0. The largest absolute Gasteiger partial charge is 0.391 e. The fourth-order valence-corrected chi connectivity index (χ4v) is 5.81. The lowest BCUT2D eigenvalue weighted by Crippen LogP contribution is -2.55. The van der Waals surface area contributed by atoms with Crippen molar-refractivity contribution in [2.75, 3.05) is 32.8 Å². The first-order valence-electron chi connectivity index (χ1n) is 8.22. The van der Waals surface area contributed by atoms with Crippen LogP contribution < -0.4 is 0 Å². The monoisotopic (exact) mass is 301 g/mol. The van der Waals surface area contributed by atoms with Gasteiger partial charge in [-0.2, -0.15) is 0 Å². The van der Waals surface area contributed by atoms with Gasteiger partial charge in [0.05, 0.1) is 19.3 Å². The van der Waals surface area contributed by atoms with Gasteiger partial charge in [0.15, 0.2) is 0 Å². The van der Waals surface area contributed by atoms with Gasteiger partial charge in [-0.3, -0.25) is 4.90 Å². The molecule has 5 fully saturated rings. The number of morpholine rings is 1. The molecule has 0 spiro atoms. The van der Waals surface area contributed by atoms with Gasteiger partial charge in [0.2, 0.25) is 0 Å². The molecular formula is C16H28ClNO2. The molecule has 1 unspecified atom stereocenters. The van der Waals surface area contributed by atoms with Gasteiger partial charge < -0.3 is 9.84 Å². The van der Waals surface area contributed by atoms with Crippen LogP contribution in [-0.2, 0) is 4.74 Å². The van der Waals surface area contributed by atoms with Gasteiger partial charge in [0.1, 0.15) is 0 Å². The van der Waals surface area contributed by atoms with Crippen molar-refractivity contribution in [1.29, 1.82) is 0 Å². The fourth-order valence-electron chi connectivity index (χ4n) is 5.81. The maximum Gasteiger partial charge on any atom is 0.0723 e. The molecule has 5 rings (SSSR count). The van der Waals surface area contributed by atoms with E-state index in [1.807, 2.05) is 0 Å². The summed E-state index contributed by atoms with van der Waals surface area (Å²) in [6.45, 7) is 4.57. The van der Waals surface area contributed by atoms with Gasteiger partial charge in [-0.1, -0.05) is 0 Å². The standard InChI is InChI=1S/C16H27NO2.ClH/c18-15(11-17-1-3-19-4-2-17)16-8-12-5-13(9-16)7-14(6-12)10-16;/h12-15,18H,1-11H2;1H. The maximum atomic E-state index is 10.9. The zero-order chi connectivity index (χ0) is 12.9. The third kappa shape index (κ3) is 2.63. The summed E-state index contributed by atoms with van der Waals surface area (Å²) in [5.74, 6) is 2.81. The van der Waals surface area contributed by atoms with Crippen molar-refractivity contribution in [3.63, 3.8) is 0 Å². The van der Waals surface area contributed by atoms with Crippen LogP contribution in [0.1, 0.15) is 38.5 Å². The van der Waals surface area contributed by atoms with Crippen LogP contribution >= 0.6 is 12.4 Å². The Morgan fingerprint density at radius 3 is 2.00 bits per heavy atom. The summed E-state index contributed by atoms with van der Waals surface area (Å²) in [4.78, 5) is 2.41. The minimum atomic E-state index is -0.0981. The first-order valence-corrected chi connectivity index (χ1v) is 8.22. The summed E-state index contributed by atoms with van der Waals surface area (Å²) in [5, 5.41) is 10.9. The zero-order valence-corrected chi connectivity index (χ0v) is 13.1. The molecule has 0 amide bonds. The van der Waals surface area contributed by atoms with Gasteiger partial charge in [0, 0.05) is 19.6 Å². The summed E-state index contributed by atoms with van der Waals surface area (Å²) < 4.78 is 5.41. The zero-order valence-electron chi connectivity index (χ0n) is 12.3. The fraction of sp³-hybridized carbons (Fsp3) is 1.00. The Labute approximate surface area is 128 Å². The molecule has 5 aliphatic rings. The first kappa shape index (κ1) is 15.1. The van der Waals surface area contributed by atoms with Crippen LogP contribution in [0.4, 0.5) is 0 Å². The number of halogens is 1. The van der Waals surface area contributed by atoms with Crippen LogP contribution in [-0.4, -0.2) is 49.0 Å². The highest BCUT2D eigenvalue weighted by Crippen LogP contribution is 2.61. The van der Waals surface area contributed by atoms with E-state index in [1.54, 1.807) is 0 Å². The Balaban J connectivity index is 0.00000121. The average molecular weight is 302 g/mol. The number of rotatable bonds is 3. The molecule has 0 aromatic heterocycles. The van der Waals surface area contributed by atoms with Crippen molar-refractivity contribution >= 4 is 12.4 Å². The van der Waals surface area contributed by atoms with Crippen LogP contribution in [0, 0.1) is 23.2 Å². The Bertz CT molecular complexity index is 308. The Kier molecular flexibility index (Phi) is 4.34. The van der Waals surface area contributed by atoms with Crippen molar-refractivity contribution < 1.29 is 9.84 Å². The van der Waals surface area contributed by atoms with Crippen molar-refractivity contribution in [2.24, 2.45) is 23.2 Å². The van der Waals surface area contributed by atoms with Crippen molar-refractivity contribution in [2.45, 2.75) is 44.6 Å². The van der Waals surface area contributed by atoms with Crippen LogP contribution in [0.5, 0.6) is 0 Å². The SMILES string of the molecule is Cl.OC(CN1CCOCC1)C12CC3CC(CC(C3)C1)C2. The van der Waals surface area contributed by atoms with Crippen molar-refractivity contribution in [3.8, 4) is 0 Å². The molecule has 1 aliphatic heterocycles. The molecule has 20 heavy (non-hydrogen) atoms. The molecule has 0 aromatic rings. The Morgan fingerprint density at radius 1 is 1.00 bits per heavy atom. The maximum absolute atomic E-state index is 10.9. The van der Waals surface area contributed by atoms with E-state index in [4.69, 9.17) is 4.74 Å². The van der Waals surface area contributed by atoms with Gasteiger partial charge >= 0.3 is 0 Å². The number of nitrogens with zero attached hydrogens (tertiary/aromatic N) is 1. The van der Waals surface area contributed by atoms with Crippen LogP contribution in [0.15, 0.2) is 0 Å². The lowest BCUT2D eigenvalue weighted by Gasteiger charge is -2.58. The van der Waals surface area contributed by atoms with Crippen LogP contribution in [0.3, 0.4) is 0 Å². The smallest absolute Gasteiger partial charge is 0.0723 e. The van der Waals surface area contributed by atoms with E-state index in [2.05, 4.69) is 4.90 Å².